The highest BCUT2D eigenvalue weighted by Gasteiger charge is 2.21. The van der Waals surface area contributed by atoms with Gasteiger partial charge in [0.1, 0.15) is 5.60 Å². The normalized spacial score (nSPS) is 15.0. The number of rotatable bonds is 7. The van der Waals surface area contributed by atoms with Crippen LogP contribution in [-0.2, 0) is 16.0 Å². The number of carbonyl (C=O) groups is 2. The van der Waals surface area contributed by atoms with Gasteiger partial charge in [-0.3, -0.25) is 4.79 Å². The monoisotopic (exact) mass is 349 g/mol. The second-order valence-electron chi connectivity index (χ2n) is 7.45. The summed E-state index contributed by atoms with van der Waals surface area (Å²) in [6, 6.07) is 8.93. The molecule has 1 aromatic carbocycles. The summed E-state index contributed by atoms with van der Waals surface area (Å²) in [6.07, 6.45) is 0.0335. The fraction of sp³-hybridized carbons (Fsp3) is 0.579. The van der Waals surface area contributed by atoms with Crippen molar-refractivity contribution >= 4 is 12.0 Å². The molecule has 0 heterocycles. The summed E-state index contributed by atoms with van der Waals surface area (Å²) < 4.78 is 5.23. The number of nitrogens with one attached hydrogen (secondary N) is 2. The molecular formula is C19H31N3O3. The van der Waals surface area contributed by atoms with Crippen molar-refractivity contribution in [2.24, 2.45) is 11.7 Å². The summed E-state index contributed by atoms with van der Waals surface area (Å²) in [5, 5.41) is 5.63. The number of alkyl carbamates (subject to hydrolysis) is 1. The Morgan fingerprint density at radius 1 is 1.16 bits per heavy atom. The molecule has 6 heteroatoms. The lowest BCUT2D eigenvalue weighted by Crippen LogP contribution is -2.47. The minimum atomic E-state index is -0.594. The first-order valence-corrected chi connectivity index (χ1v) is 8.65. The molecule has 1 aromatic rings. The van der Waals surface area contributed by atoms with Crippen LogP contribution in [0.1, 0.15) is 40.2 Å². The van der Waals surface area contributed by atoms with Gasteiger partial charge in [-0.1, -0.05) is 37.3 Å². The summed E-state index contributed by atoms with van der Waals surface area (Å²) >= 11 is 0. The maximum atomic E-state index is 12.1. The van der Waals surface area contributed by atoms with Crippen LogP contribution >= 0.6 is 0 Å². The molecule has 6 nitrogen and oxygen atoms in total. The van der Waals surface area contributed by atoms with E-state index in [9.17, 15) is 9.59 Å². The van der Waals surface area contributed by atoms with Gasteiger partial charge in [0, 0.05) is 12.6 Å². The van der Waals surface area contributed by atoms with Crippen LogP contribution in [0, 0.1) is 5.92 Å². The number of ether oxygens (including phenoxy) is 1. The minimum Gasteiger partial charge on any atom is -0.444 e. The third kappa shape index (κ3) is 8.54. The van der Waals surface area contributed by atoms with Gasteiger partial charge >= 0.3 is 6.09 Å². The average molecular weight is 349 g/mol. The predicted molar refractivity (Wildman–Crippen MR) is 99.1 cm³/mol. The van der Waals surface area contributed by atoms with E-state index in [0.29, 0.717) is 13.0 Å². The number of hydrogen-bond acceptors (Lipinski definition) is 4. The molecule has 0 fully saturated rings. The van der Waals surface area contributed by atoms with E-state index >= 15 is 0 Å². The van der Waals surface area contributed by atoms with E-state index in [1.54, 1.807) is 0 Å². The third-order valence-electron chi connectivity index (χ3n) is 3.83. The lowest BCUT2D eigenvalue weighted by Gasteiger charge is -2.25. The molecule has 0 radical (unpaired) electrons. The molecule has 4 N–H and O–H groups in total. The molecule has 3 atom stereocenters. The van der Waals surface area contributed by atoms with Crippen molar-refractivity contribution in [2.45, 2.75) is 58.7 Å². The largest absolute Gasteiger partial charge is 0.444 e. The highest BCUT2D eigenvalue weighted by Crippen LogP contribution is 2.08. The molecule has 25 heavy (non-hydrogen) atoms. The highest BCUT2D eigenvalue weighted by molar-refractivity contribution is 5.81. The Labute approximate surface area is 150 Å². The molecule has 140 valence electrons. The highest BCUT2D eigenvalue weighted by atomic mass is 16.6. The maximum Gasteiger partial charge on any atom is 0.407 e. The van der Waals surface area contributed by atoms with Crippen LogP contribution in [0.15, 0.2) is 30.3 Å². The Hall–Kier alpha value is -2.08. The van der Waals surface area contributed by atoms with Crippen LogP contribution in [0.25, 0.3) is 0 Å². The van der Waals surface area contributed by atoms with E-state index in [2.05, 4.69) is 10.6 Å². The van der Waals surface area contributed by atoms with Crippen molar-refractivity contribution in [3.05, 3.63) is 35.9 Å². The van der Waals surface area contributed by atoms with Gasteiger partial charge in [-0.2, -0.15) is 0 Å². The molecule has 0 saturated heterocycles. The van der Waals surface area contributed by atoms with Crippen LogP contribution in [0.4, 0.5) is 4.79 Å². The molecule has 1 rings (SSSR count). The first-order chi connectivity index (χ1) is 11.6. The van der Waals surface area contributed by atoms with Crippen LogP contribution in [0.5, 0.6) is 0 Å². The molecule has 0 aromatic heterocycles. The molecule has 0 saturated carbocycles. The Bertz CT molecular complexity index is 555. The lowest BCUT2D eigenvalue weighted by atomic mass is 10.0. The summed E-state index contributed by atoms with van der Waals surface area (Å²) in [5.41, 5.74) is 6.45. The first kappa shape index (κ1) is 21.0. The number of amides is 2. The number of benzene rings is 1. The Balaban J connectivity index is 2.37. The van der Waals surface area contributed by atoms with Gasteiger partial charge < -0.3 is 21.1 Å². The fourth-order valence-corrected chi connectivity index (χ4v) is 2.17. The van der Waals surface area contributed by atoms with Gasteiger partial charge in [0.15, 0.2) is 0 Å². The molecule has 0 bridgehead atoms. The smallest absolute Gasteiger partial charge is 0.407 e. The lowest BCUT2D eigenvalue weighted by molar-refractivity contribution is -0.122. The quantitative estimate of drug-likeness (QED) is 0.703. The van der Waals surface area contributed by atoms with Crippen LogP contribution in [0.3, 0.4) is 0 Å². The zero-order valence-electron chi connectivity index (χ0n) is 15.8. The molecule has 0 spiro atoms. The van der Waals surface area contributed by atoms with Crippen molar-refractivity contribution in [2.75, 3.05) is 6.54 Å². The second kappa shape index (κ2) is 9.42. The van der Waals surface area contributed by atoms with Crippen LogP contribution in [-0.4, -0.2) is 36.2 Å². The van der Waals surface area contributed by atoms with Crippen LogP contribution < -0.4 is 16.4 Å². The number of carbonyl (C=O) groups excluding carboxylic acids is 2. The van der Waals surface area contributed by atoms with Gasteiger partial charge in [-0.15, -0.1) is 0 Å². The number of hydrogen-bond donors (Lipinski definition) is 3. The Morgan fingerprint density at radius 2 is 1.76 bits per heavy atom. The van der Waals surface area contributed by atoms with Crippen molar-refractivity contribution < 1.29 is 14.3 Å². The zero-order valence-corrected chi connectivity index (χ0v) is 15.8. The SMILES string of the molecule is CC(CNC(=O)[C@H](N)Cc1ccccc1)C(C)NC(=O)OC(C)(C)C. The second-order valence-corrected chi connectivity index (χ2v) is 7.45. The summed E-state index contributed by atoms with van der Waals surface area (Å²) in [4.78, 5) is 23.9. The third-order valence-corrected chi connectivity index (χ3v) is 3.83. The molecule has 2 amide bonds. The molecular weight excluding hydrogens is 318 g/mol. The van der Waals surface area contributed by atoms with E-state index in [4.69, 9.17) is 10.5 Å². The summed E-state index contributed by atoms with van der Waals surface area (Å²) in [7, 11) is 0. The fourth-order valence-electron chi connectivity index (χ4n) is 2.17. The summed E-state index contributed by atoms with van der Waals surface area (Å²) in [5.74, 6) is -0.152. The predicted octanol–water partition coefficient (Wildman–Crippen LogP) is 2.22. The van der Waals surface area contributed by atoms with Crippen LogP contribution in [0.2, 0.25) is 0 Å². The minimum absolute atomic E-state index is 0.0420. The van der Waals surface area contributed by atoms with Crippen molar-refractivity contribution in [1.82, 2.24) is 10.6 Å². The van der Waals surface area contributed by atoms with E-state index in [1.807, 2.05) is 65.0 Å². The zero-order chi connectivity index (χ0) is 19.0. The first-order valence-electron chi connectivity index (χ1n) is 8.65. The molecule has 0 aliphatic carbocycles. The van der Waals surface area contributed by atoms with E-state index in [1.165, 1.54) is 0 Å². The maximum absolute atomic E-state index is 12.1. The topological polar surface area (TPSA) is 93.5 Å². The van der Waals surface area contributed by atoms with Crippen molar-refractivity contribution in [1.29, 1.82) is 0 Å². The van der Waals surface area contributed by atoms with Crippen molar-refractivity contribution in [3.8, 4) is 0 Å². The van der Waals surface area contributed by atoms with Crippen molar-refractivity contribution in [3.63, 3.8) is 0 Å². The standard InChI is InChI=1S/C19H31N3O3/c1-13(14(2)22-18(24)25-19(3,4)5)12-21-17(23)16(20)11-15-9-7-6-8-10-15/h6-10,13-14,16H,11-12,20H2,1-5H3,(H,21,23)(H,22,24)/t13?,14?,16-/m1/s1. The Kier molecular flexibility index (Phi) is 7.90. The summed E-state index contributed by atoms with van der Waals surface area (Å²) in [6.45, 7) is 9.70. The number of nitrogens with two attached hydrogens (primary N) is 1. The van der Waals surface area contributed by atoms with Gasteiger partial charge in [-0.25, -0.2) is 4.79 Å². The van der Waals surface area contributed by atoms with E-state index < -0.39 is 17.7 Å². The van der Waals surface area contributed by atoms with E-state index in [0.717, 1.165) is 5.56 Å². The molecule has 0 aliphatic heterocycles. The van der Waals surface area contributed by atoms with E-state index in [-0.39, 0.29) is 17.9 Å². The van der Waals surface area contributed by atoms with Gasteiger partial charge in [0.25, 0.3) is 0 Å². The Morgan fingerprint density at radius 3 is 2.32 bits per heavy atom. The van der Waals surface area contributed by atoms with Gasteiger partial charge in [0.2, 0.25) is 5.91 Å². The van der Waals surface area contributed by atoms with Gasteiger partial charge in [-0.05, 0) is 45.6 Å². The molecule has 2 unspecified atom stereocenters. The average Bonchev–Trinajstić information content (AvgIpc) is 2.51. The molecule has 0 aliphatic rings. The van der Waals surface area contributed by atoms with Gasteiger partial charge in [0.05, 0.1) is 6.04 Å².